The van der Waals surface area contributed by atoms with Gasteiger partial charge in [-0.1, -0.05) is 312 Å². The van der Waals surface area contributed by atoms with Crippen LogP contribution in [0.25, 0.3) is 0 Å². The number of carbonyl (C=O) groups is 3. The van der Waals surface area contributed by atoms with Crippen molar-refractivity contribution in [2.45, 2.75) is 354 Å². The molecule has 1 atom stereocenters. The number of hydrogen-bond donors (Lipinski definition) is 0. The van der Waals surface area contributed by atoms with Gasteiger partial charge in [-0.25, -0.2) is 0 Å². The van der Waals surface area contributed by atoms with Gasteiger partial charge in [0.15, 0.2) is 6.10 Å². The molecule has 6 heteroatoms. The quantitative estimate of drug-likeness (QED) is 0.0261. The molecular formula is C72H128O6. The first-order chi connectivity index (χ1) is 38.5. The van der Waals surface area contributed by atoms with Crippen molar-refractivity contribution in [2.75, 3.05) is 13.2 Å². The first-order valence-electron chi connectivity index (χ1n) is 33.9. The third kappa shape index (κ3) is 63.7. The first-order valence-corrected chi connectivity index (χ1v) is 33.9. The molecule has 0 saturated heterocycles. The Hall–Kier alpha value is -3.15. The topological polar surface area (TPSA) is 78.9 Å². The van der Waals surface area contributed by atoms with E-state index < -0.39 is 6.10 Å². The molecule has 0 aromatic rings. The van der Waals surface area contributed by atoms with E-state index in [0.29, 0.717) is 19.3 Å². The van der Waals surface area contributed by atoms with Crippen LogP contribution in [0.3, 0.4) is 0 Å². The van der Waals surface area contributed by atoms with Crippen LogP contribution < -0.4 is 0 Å². The summed E-state index contributed by atoms with van der Waals surface area (Å²) in [6, 6.07) is 0. The summed E-state index contributed by atoms with van der Waals surface area (Å²) < 4.78 is 17.0. The Balaban J connectivity index is 4.30. The fourth-order valence-electron chi connectivity index (χ4n) is 9.88. The summed E-state index contributed by atoms with van der Waals surface area (Å²) in [6.07, 6.45) is 86.3. The van der Waals surface area contributed by atoms with E-state index in [1.165, 1.54) is 212 Å². The Bertz CT molecular complexity index is 1440. The zero-order valence-electron chi connectivity index (χ0n) is 51.9. The highest BCUT2D eigenvalue weighted by Crippen LogP contribution is 2.17. The second kappa shape index (κ2) is 66.4. The molecule has 0 spiro atoms. The average Bonchev–Trinajstić information content (AvgIpc) is 3.44. The number of esters is 3. The standard InChI is InChI=1S/C72H128O6/c1-4-7-10-13-16-19-22-25-28-30-32-34-35-36-37-39-40-42-44-47-50-53-56-59-62-65-71(74)77-68-69(67-76-70(73)64-61-58-55-52-49-46-27-24-21-18-15-12-9-6-3)78-72(75)66-63-60-57-54-51-48-45-43-41-38-33-31-29-26-23-20-17-14-11-8-5-2/h8,11,17,20,22,25-26,29-30,32-33,38,69H,4-7,9-10,12-16,18-19,21,23-24,27-28,31,34-37,39-68H2,1-3H3/b11-8-,20-17-,25-22-,29-26-,32-30-,38-33-. The average molecular weight is 1090 g/mol. The highest BCUT2D eigenvalue weighted by atomic mass is 16.6. The van der Waals surface area contributed by atoms with E-state index in [1.54, 1.807) is 0 Å². The molecular weight excluding hydrogens is 961 g/mol. The molecule has 452 valence electrons. The van der Waals surface area contributed by atoms with Gasteiger partial charge in [0.2, 0.25) is 0 Å². The Kier molecular flexibility index (Phi) is 63.7. The largest absolute Gasteiger partial charge is 0.462 e. The Morgan fingerprint density at radius 1 is 0.269 bits per heavy atom. The van der Waals surface area contributed by atoms with Crippen molar-refractivity contribution in [1.82, 2.24) is 0 Å². The van der Waals surface area contributed by atoms with Crippen molar-refractivity contribution >= 4 is 17.9 Å². The van der Waals surface area contributed by atoms with Crippen LogP contribution in [0.1, 0.15) is 348 Å². The van der Waals surface area contributed by atoms with Gasteiger partial charge in [0.05, 0.1) is 0 Å². The molecule has 0 aliphatic rings. The van der Waals surface area contributed by atoms with Crippen LogP contribution in [0.5, 0.6) is 0 Å². The zero-order chi connectivity index (χ0) is 56.4. The monoisotopic (exact) mass is 1090 g/mol. The Morgan fingerprint density at radius 2 is 0.500 bits per heavy atom. The molecule has 0 aromatic carbocycles. The molecule has 0 aromatic heterocycles. The Morgan fingerprint density at radius 3 is 0.782 bits per heavy atom. The molecule has 0 radical (unpaired) electrons. The van der Waals surface area contributed by atoms with Crippen molar-refractivity contribution in [3.8, 4) is 0 Å². The van der Waals surface area contributed by atoms with Crippen molar-refractivity contribution in [3.63, 3.8) is 0 Å². The van der Waals surface area contributed by atoms with Crippen molar-refractivity contribution in [3.05, 3.63) is 72.9 Å². The number of carbonyl (C=O) groups excluding carboxylic acids is 3. The molecule has 6 nitrogen and oxygen atoms in total. The van der Waals surface area contributed by atoms with Crippen LogP contribution in [0, 0.1) is 0 Å². The van der Waals surface area contributed by atoms with E-state index in [-0.39, 0.29) is 31.1 Å². The van der Waals surface area contributed by atoms with Gasteiger partial charge in [-0.15, -0.1) is 0 Å². The molecule has 0 N–H and O–H groups in total. The van der Waals surface area contributed by atoms with E-state index in [2.05, 4.69) is 93.7 Å². The number of unbranched alkanes of at least 4 members (excludes halogenated alkanes) is 39. The highest BCUT2D eigenvalue weighted by molar-refractivity contribution is 5.71. The summed E-state index contributed by atoms with van der Waals surface area (Å²) in [5, 5.41) is 0. The lowest BCUT2D eigenvalue weighted by molar-refractivity contribution is -0.167. The van der Waals surface area contributed by atoms with E-state index in [9.17, 15) is 14.4 Å². The molecule has 0 aliphatic heterocycles. The van der Waals surface area contributed by atoms with Gasteiger partial charge < -0.3 is 14.2 Å². The number of ether oxygens (including phenoxy) is 3. The van der Waals surface area contributed by atoms with Crippen LogP contribution >= 0.6 is 0 Å². The molecule has 0 rings (SSSR count). The van der Waals surface area contributed by atoms with Gasteiger partial charge in [0.1, 0.15) is 13.2 Å². The fourth-order valence-corrected chi connectivity index (χ4v) is 9.88. The van der Waals surface area contributed by atoms with Crippen LogP contribution in [-0.2, 0) is 28.6 Å². The van der Waals surface area contributed by atoms with E-state index >= 15 is 0 Å². The van der Waals surface area contributed by atoms with Crippen LogP contribution in [0.15, 0.2) is 72.9 Å². The Labute approximate surface area is 484 Å². The van der Waals surface area contributed by atoms with E-state index in [4.69, 9.17) is 14.2 Å². The molecule has 78 heavy (non-hydrogen) atoms. The first kappa shape index (κ1) is 74.8. The molecule has 0 heterocycles. The van der Waals surface area contributed by atoms with E-state index in [1.807, 2.05) is 0 Å². The summed E-state index contributed by atoms with van der Waals surface area (Å²) in [6.45, 7) is 6.56. The minimum Gasteiger partial charge on any atom is -0.462 e. The third-order valence-electron chi connectivity index (χ3n) is 14.9. The van der Waals surface area contributed by atoms with Crippen molar-refractivity contribution in [1.29, 1.82) is 0 Å². The third-order valence-corrected chi connectivity index (χ3v) is 14.9. The lowest BCUT2D eigenvalue weighted by atomic mass is 10.0. The normalized spacial score (nSPS) is 12.5. The summed E-state index contributed by atoms with van der Waals surface area (Å²) >= 11 is 0. The fraction of sp³-hybridized carbons (Fsp3) is 0.792. The highest BCUT2D eigenvalue weighted by Gasteiger charge is 2.19. The lowest BCUT2D eigenvalue weighted by Gasteiger charge is -2.18. The van der Waals surface area contributed by atoms with Crippen molar-refractivity contribution in [2.24, 2.45) is 0 Å². The minimum absolute atomic E-state index is 0.0750. The van der Waals surface area contributed by atoms with Gasteiger partial charge in [-0.05, 0) is 89.9 Å². The predicted octanol–water partition coefficient (Wildman–Crippen LogP) is 23.3. The van der Waals surface area contributed by atoms with Gasteiger partial charge in [-0.3, -0.25) is 14.4 Å². The minimum atomic E-state index is -0.780. The van der Waals surface area contributed by atoms with Crippen LogP contribution in [0.2, 0.25) is 0 Å². The maximum absolute atomic E-state index is 12.9. The van der Waals surface area contributed by atoms with Gasteiger partial charge >= 0.3 is 17.9 Å². The molecule has 0 saturated carbocycles. The second-order valence-corrected chi connectivity index (χ2v) is 22.7. The zero-order valence-corrected chi connectivity index (χ0v) is 51.9. The predicted molar refractivity (Wildman–Crippen MR) is 339 cm³/mol. The smallest absolute Gasteiger partial charge is 0.306 e. The van der Waals surface area contributed by atoms with Gasteiger partial charge in [-0.2, -0.15) is 0 Å². The molecule has 0 amide bonds. The maximum atomic E-state index is 12.9. The molecule has 1 unspecified atom stereocenters. The SMILES string of the molecule is CC/C=C\C/C=C\C/C=C\C/C=C\CCCCCCCCCCC(=O)OC(COC(=O)CCCCCCCCCCCCCCCC)COC(=O)CCCCCCCCCCCCCCC/C=C\C/C=C\CCCCCCC. The number of hydrogen-bond acceptors (Lipinski definition) is 6. The summed E-state index contributed by atoms with van der Waals surface area (Å²) in [4.78, 5) is 38.4. The van der Waals surface area contributed by atoms with Crippen LogP contribution in [0.4, 0.5) is 0 Å². The van der Waals surface area contributed by atoms with Crippen molar-refractivity contribution < 1.29 is 28.6 Å². The molecule has 0 fully saturated rings. The maximum Gasteiger partial charge on any atom is 0.306 e. The lowest BCUT2D eigenvalue weighted by Crippen LogP contribution is -2.30. The summed E-state index contributed by atoms with van der Waals surface area (Å²) in [5.41, 5.74) is 0. The van der Waals surface area contributed by atoms with Gasteiger partial charge in [0, 0.05) is 19.3 Å². The summed E-state index contributed by atoms with van der Waals surface area (Å²) in [5.74, 6) is -0.864. The van der Waals surface area contributed by atoms with Gasteiger partial charge in [0.25, 0.3) is 0 Å². The van der Waals surface area contributed by atoms with E-state index in [0.717, 1.165) is 96.3 Å². The molecule has 0 aliphatic carbocycles. The second-order valence-electron chi connectivity index (χ2n) is 22.7. The number of allylic oxidation sites excluding steroid dienone is 12. The molecule has 0 bridgehead atoms. The van der Waals surface area contributed by atoms with Crippen LogP contribution in [-0.4, -0.2) is 37.2 Å². The number of rotatable bonds is 62. The summed E-state index contributed by atoms with van der Waals surface area (Å²) in [7, 11) is 0.